The van der Waals surface area contributed by atoms with Gasteiger partial charge in [-0.1, -0.05) is 36.4 Å². The van der Waals surface area contributed by atoms with E-state index < -0.39 is 6.04 Å². The number of hydrogen-bond acceptors (Lipinski definition) is 5. The van der Waals surface area contributed by atoms with Gasteiger partial charge in [-0.3, -0.25) is 14.6 Å². The number of fused-ring (bicyclic) bond motifs is 3. The van der Waals surface area contributed by atoms with Crippen LogP contribution in [0.3, 0.4) is 0 Å². The summed E-state index contributed by atoms with van der Waals surface area (Å²) in [7, 11) is 0. The van der Waals surface area contributed by atoms with Crippen molar-refractivity contribution in [1.29, 1.82) is 0 Å². The molecule has 1 aliphatic rings. The van der Waals surface area contributed by atoms with E-state index >= 15 is 0 Å². The molecule has 2 aromatic heterocycles. The molecule has 7 nitrogen and oxygen atoms in total. The zero-order valence-electron chi connectivity index (χ0n) is 16.5. The Morgan fingerprint density at radius 3 is 2.94 bits per heavy atom. The smallest absolute Gasteiger partial charge is 0.272 e. The summed E-state index contributed by atoms with van der Waals surface area (Å²) >= 11 is 1.54. The number of carbonyl (C=O) groups excluding carboxylic acids is 2. The molecule has 0 spiro atoms. The average molecular weight is 430 g/mol. The van der Waals surface area contributed by atoms with Crippen molar-refractivity contribution in [3.8, 4) is 0 Å². The second-order valence-corrected chi connectivity index (χ2v) is 8.34. The Morgan fingerprint density at radius 1 is 1.19 bits per heavy atom. The van der Waals surface area contributed by atoms with Crippen molar-refractivity contribution in [2.45, 2.75) is 17.5 Å². The lowest BCUT2D eigenvalue weighted by molar-refractivity contribution is -0.117. The van der Waals surface area contributed by atoms with Gasteiger partial charge in [0.05, 0.1) is 12.0 Å². The fourth-order valence-corrected chi connectivity index (χ4v) is 4.60. The molecule has 2 N–H and O–H groups in total. The van der Waals surface area contributed by atoms with Crippen LogP contribution in [0.25, 0.3) is 10.8 Å². The van der Waals surface area contributed by atoms with Gasteiger partial charge in [0.15, 0.2) is 0 Å². The lowest BCUT2D eigenvalue weighted by atomic mass is 10.1. The topological polar surface area (TPSA) is 88.9 Å². The standard InChI is InChI=1S/C23H19N5O2S/c29-22(18-12-28(14-25-18)11-15-4-2-1-3-5-15)26-19-13-31-20-7-6-16-10-24-9-8-17(16)21(20)27-23(19)30/h1-10,12,14,19H,11,13H2,(H,26,29)(H,27,30)/t19-/m0/s1. The van der Waals surface area contributed by atoms with E-state index in [1.165, 1.54) is 11.8 Å². The first kappa shape index (κ1) is 19.3. The maximum atomic E-state index is 12.9. The molecule has 2 amide bonds. The number of rotatable bonds is 4. The van der Waals surface area contributed by atoms with Gasteiger partial charge in [-0.2, -0.15) is 0 Å². The van der Waals surface area contributed by atoms with Gasteiger partial charge in [-0.25, -0.2) is 4.98 Å². The van der Waals surface area contributed by atoms with Crippen LogP contribution in [-0.2, 0) is 11.3 Å². The van der Waals surface area contributed by atoms with Crippen LogP contribution < -0.4 is 10.6 Å². The minimum absolute atomic E-state index is 0.243. The predicted molar refractivity (Wildman–Crippen MR) is 120 cm³/mol. The van der Waals surface area contributed by atoms with E-state index in [0.29, 0.717) is 12.3 Å². The summed E-state index contributed by atoms with van der Waals surface area (Å²) in [5.41, 5.74) is 2.16. The third-order valence-corrected chi connectivity index (χ3v) is 6.28. The molecule has 5 rings (SSSR count). The van der Waals surface area contributed by atoms with Crippen molar-refractivity contribution in [2.24, 2.45) is 0 Å². The Bertz CT molecular complexity index is 1270. The van der Waals surface area contributed by atoms with Gasteiger partial charge in [0, 0.05) is 46.6 Å². The number of carbonyl (C=O) groups is 2. The first-order chi connectivity index (χ1) is 15.2. The Kier molecular flexibility index (Phi) is 5.13. The average Bonchev–Trinajstić information content (AvgIpc) is 3.20. The Morgan fingerprint density at radius 2 is 2.06 bits per heavy atom. The summed E-state index contributed by atoms with van der Waals surface area (Å²) in [5, 5.41) is 7.69. The second kappa shape index (κ2) is 8.23. The number of anilines is 1. The first-order valence-corrected chi connectivity index (χ1v) is 10.8. The van der Waals surface area contributed by atoms with Crippen LogP contribution in [0.15, 0.2) is 78.3 Å². The highest BCUT2D eigenvalue weighted by Gasteiger charge is 2.27. The summed E-state index contributed by atoms with van der Waals surface area (Å²) in [6.45, 7) is 0.623. The number of imidazole rings is 1. The summed E-state index contributed by atoms with van der Waals surface area (Å²) in [6.07, 6.45) is 6.79. The van der Waals surface area contributed by atoms with Crippen LogP contribution >= 0.6 is 11.8 Å². The molecule has 0 saturated carbocycles. The second-order valence-electron chi connectivity index (χ2n) is 7.28. The van der Waals surface area contributed by atoms with Crippen LogP contribution in [-0.4, -0.2) is 38.1 Å². The van der Waals surface area contributed by atoms with E-state index in [1.807, 2.05) is 53.1 Å². The van der Waals surface area contributed by atoms with E-state index in [1.54, 1.807) is 24.9 Å². The molecule has 0 unspecified atom stereocenters. The van der Waals surface area contributed by atoms with Crippen molar-refractivity contribution in [1.82, 2.24) is 19.9 Å². The van der Waals surface area contributed by atoms with E-state index in [4.69, 9.17) is 0 Å². The number of aromatic nitrogens is 3. The minimum Gasteiger partial charge on any atom is -0.338 e. The van der Waals surface area contributed by atoms with Crippen LogP contribution in [0.5, 0.6) is 0 Å². The summed E-state index contributed by atoms with van der Waals surface area (Å²) in [6, 6.07) is 15.1. The molecule has 2 aromatic carbocycles. The molecule has 8 heteroatoms. The Balaban J connectivity index is 1.30. The maximum absolute atomic E-state index is 12.9. The minimum atomic E-state index is -0.666. The van der Waals surface area contributed by atoms with Crippen LogP contribution in [0.4, 0.5) is 5.69 Å². The van der Waals surface area contributed by atoms with E-state index in [2.05, 4.69) is 20.6 Å². The van der Waals surface area contributed by atoms with Crippen molar-refractivity contribution in [3.05, 3.63) is 84.7 Å². The lowest BCUT2D eigenvalue weighted by Gasteiger charge is -2.14. The molecule has 1 atom stereocenters. The van der Waals surface area contributed by atoms with Crippen molar-refractivity contribution in [3.63, 3.8) is 0 Å². The fourth-order valence-electron chi connectivity index (χ4n) is 3.55. The molecular weight excluding hydrogens is 410 g/mol. The zero-order chi connectivity index (χ0) is 21.2. The molecule has 0 bridgehead atoms. The number of hydrogen-bond donors (Lipinski definition) is 2. The summed E-state index contributed by atoms with van der Waals surface area (Å²) in [5.74, 6) is -0.175. The molecule has 1 aliphatic heterocycles. The van der Waals surface area contributed by atoms with Gasteiger partial charge in [0.2, 0.25) is 5.91 Å². The monoisotopic (exact) mass is 429 g/mol. The summed E-state index contributed by atoms with van der Waals surface area (Å²) < 4.78 is 1.85. The molecule has 0 fully saturated rings. The predicted octanol–water partition coefficient (Wildman–Crippen LogP) is 3.32. The van der Waals surface area contributed by atoms with Gasteiger partial charge in [0.25, 0.3) is 5.91 Å². The fraction of sp³-hybridized carbons (Fsp3) is 0.130. The van der Waals surface area contributed by atoms with Crippen molar-refractivity contribution in [2.75, 3.05) is 11.1 Å². The number of nitrogens with zero attached hydrogens (tertiary/aromatic N) is 3. The number of benzene rings is 2. The van der Waals surface area contributed by atoms with Crippen LogP contribution in [0.2, 0.25) is 0 Å². The molecule has 0 saturated heterocycles. The highest BCUT2D eigenvalue weighted by atomic mass is 32.2. The third-order valence-electron chi connectivity index (χ3n) is 5.13. The largest absolute Gasteiger partial charge is 0.338 e. The highest BCUT2D eigenvalue weighted by Crippen LogP contribution is 2.36. The van der Waals surface area contributed by atoms with E-state index in [0.717, 1.165) is 26.9 Å². The highest BCUT2D eigenvalue weighted by molar-refractivity contribution is 7.99. The summed E-state index contributed by atoms with van der Waals surface area (Å²) in [4.78, 5) is 34.9. The van der Waals surface area contributed by atoms with Gasteiger partial charge in [-0.05, 0) is 17.7 Å². The maximum Gasteiger partial charge on any atom is 0.272 e. The molecular formula is C23H19N5O2S. The molecule has 154 valence electrons. The third kappa shape index (κ3) is 4.02. The Labute approximate surface area is 182 Å². The SMILES string of the molecule is O=C(N[C@H]1CSc2ccc3cnccc3c2NC1=O)c1cn(Cc2ccccc2)cn1. The van der Waals surface area contributed by atoms with Gasteiger partial charge >= 0.3 is 0 Å². The molecule has 0 aliphatic carbocycles. The molecule has 3 heterocycles. The van der Waals surface area contributed by atoms with E-state index in [-0.39, 0.29) is 17.5 Å². The number of thioether (sulfide) groups is 1. The Hall–Kier alpha value is -3.65. The molecule has 0 radical (unpaired) electrons. The number of amides is 2. The molecule has 31 heavy (non-hydrogen) atoms. The quantitative estimate of drug-likeness (QED) is 0.520. The molecule has 4 aromatic rings. The van der Waals surface area contributed by atoms with Crippen LogP contribution in [0.1, 0.15) is 16.1 Å². The normalized spacial score (nSPS) is 15.7. The number of pyridine rings is 1. The lowest BCUT2D eigenvalue weighted by Crippen LogP contribution is -2.44. The van der Waals surface area contributed by atoms with Crippen molar-refractivity contribution >= 4 is 40.0 Å². The van der Waals surface area contributed by atoms with Gasteiger partial charge < -0.3 is 15.2 Å². The van der Waals surface area contributed by atoms with E-state index in [9.17, 15) is 9.59 Å². The first-order valence-electron chi connectivity index (χ1n) is 9.84. The van der Waals surface area contributed by atoms with Gasteiger partial charge in [0.1, 0.15) is 11.7 Å². The van der Waals surface area contributed by atoms with Crippen LogP contribution in [0, 0.1) is 0 Å². The van der Waals surface area contributed by atoms with Gasteiger partial charge in [-0.15, -0.1) is 11.8 Å². The van der Waals surface area contributed by atoms with Crippen molar-refractivity contribution < 1.29 is 9.59 Å². The zero-order valence-corrected chi connectivity index (χ0v) is 17.3. The number of nitrogens with one attached hydrogen (secondary N) is 2.